The fraction of sp³-hybridized carbons (Fsp3) is 0.605. The van der Waals surface area contributed by atoms with Crippen LogP contribution in [-0.4, -0.2) is 96.8 Å². The molecule has 0 unspecified atom stereocenters. The minimum Gasteiger partial charge on any atom is -0.450 e. The number of amides is 5. The number of rotatable bonds is 7. The first-order valence-corrected chi connectivity index (χ1v) is 20.5. The summed E-state index contributed by atoms with van der Waals surface area (Å²) in [5.74, 6) is -2.77. The van der Waals surface area contributed by atoms with Gasteiger partial charge in [0.05, 0.1) is 18.4 Å². The number of cyclic esters (lactones) is 1. The summed E-state index contributed by atoms with van der Waals surface area (Å²) in [5, 5.41) is 4.95. The molecule has 53 heavy (non-hydrogen) atoms. The van der Waals surface area contributed by atoms with Crippen LogP contribution in [-0.2, 0) is 46.8 Å². The molecule has 0 spiro atoms. The maximum absolute atomic E-state index is 14.6. The molecule has 3 N–H and O–H groups in total. The van der Waals surface area contributed by atoms with Gasteiger partial charge in [-0.15, -0.1) is 6.58 Å². The lowest BCUT2D eigenvalue weighted by atomic mass is 9.83. The summed E-state index contributed by atoms with van der Waals surface area (Å²) in [6.45, 7) is 4.58. The van der Waals surface area contributed by atoms with Gasteiger partial charge in [-0.25, -0.2) is 18.0 Å². The van der Waals surface area contributed by atoms with Gasteiger partial charge in [0.15, 0.2) is 0 Å². The summed E-state index contributed by atoms with van der Waals surface area (Å²) < 4.78 is 39.1. The van der Waals surface area contributed by atoms with E-state index in [2.05, 4.69) is 28.0 Å². The number of hydrogen-bond donors (Lipinski definition) is 3. The van der Waals surface area contributed by atoms with E-state index >= 15 is 0 Å². The van der Waals surface area contributed by atoms with Crippen molar-refractivity contribution in [1.82, 2.24) is 25.2 Å². The van der Waals surface area contributed by atoms with E-state index in [0.29, 0.717) is 58.0 Å². The van der Waals surface area contributed by atoms with Crippen LogP contribution < -0.4 is 15.4 Å². The summed E-state index contributed by atoms with van der Waals surface area (Å²) in [6.07, 6.45) is 10.4. The highest BCUT2D eigenvalue weighted by molar-refractivity contribution is 7.91. The van der Waals surface area contributed by atoms with Gasteiger partial charge in [-0.2, -0.15) is 0 Å². The molecule has 5 amide bonds. The average molecular weight is 752 g/mol. The molecule has 0 radical (unpaired) electrons. The highest BCUT2D eigenvalue weighted by atomic mass is 32.2. The Kier molecular flexibility index (Phi) is 10.6. The molecule has 3 heterocycles. The Bertz CT molecular complexity index is 1790. The van der Waals surface area contributed by atoms with E-state index in [4.69, 9.17) is 9.47 Å². The smallest absolute Gasteiger partial charge is 0.410 e. The van der Waals surface area contributed by atoms with Gasteiger partial charge in [0.1, 0.15) is 23.7 Å². The van der Waals surface area contributed by atoms with E-state index in [1.807, 2.05) is 24.3 Å². The molecule has 1 saturated heterocycles. The Morgan fingerprint density at radius 2 is 1.85 bits per heavy atom. The van der Waals surface area contributed by atoms with E-state index in [-0.39, 0.29) is 31.9 Å². The summed E-state index contributed by atoms with van der Waals surface area (Å²) in [6, 6.07) is 3.87. The summed E-state index contributed by atoms with van der Waals surface area (Å²) in [4.78, 5) is 72.2. The number of benzene rings is 1. The zero-order valence-corrected chi connectivity index (χ0v) is 30.7. The number of carbonyl (C=O) groups excluding carboxylic acids is 5. The quantitative estimate of drug-likeness (QED) is 0.353. The Morgan fingerprint density at radius 1 is 1.06 bits per heavy atom. The molecule has 286 valence electrons. The normalized spacial score (nSPS) is 29.8. The molecule has 3 saturated carbocycles. The van der Waals surface area contributed by atoms with Gasteiger partial charge in [0.2, 0.25) is 21.8 Å². The number of nitrogens with zero attached hydrogens (tertiary/aromatic N) is 2. The maximum atomic E-state index is 14.6. The molecule has 1 aromatic rings. The van der Waals surface area contributed by atoms with Crippen LogP contribution in [0.1, 0.15) is 87.3 Å². The predicted molar refractivity (Wildman–Crippen MR) is 193 cm³/mol. The lowest BCUT2D eigenvalue weighted by molar-refractivity contribution is -0.142. The zero-order chi connectivity index (χ0) is 37.3. The fourth-order valence-corrected chi connectivity index (χ4v) is 9.67. The number of allylic oxidation sites excluding steroid dienone is 1. The van der Waals surface area contributed by atoms with Crippen molar-refractivity contribution in [3.63, 3.8) is 0 Å². The average Bonchev–Trinajstić information content (AvgIpc) is 4.08. The first-order chi connectivity index (χ1) is 25.5. The molecule has 7 rings (SSSR count). The molecular formula is C38H49N5O9S. The predicted octanol–water partition coefficient (Wildman–Crippen LogP) is 3.30. The molecule has 14 nitrogen and oxygen atoms in total. The lowest BCUT2D eigenvalue weighted by Crippen LogP contribution is -2.59. The van der Waals surface area contributed by atoms with Crippen molar-refractivity contribution in [2.75, 3.05) is 19.7 Å². The Labute approximate surface area is 310 Å². The van der Waals surface area contributed by atoms with Crippen molar-refractivity contribution in [2.45, 2.75) is 113 Å². The minimum atomic E-state index is -3.90. The summed E-state index contributed by atoms with van der Waals surface area (Å²) in [5.41, 5.74) is 1.59. The highest BCUT2D eigenvalue weighted by Crippen LogP contribution is 2.45. The first-order valence-electron chi connectivity index (χ1n) is 19.0. The molecule has 6 aliphatic rings. The van der Waals surface area contributed by atoms with Crippen molar-refractivity contribution in [3.8, 4) is 0 Å². The number of nitrogens with one attached hydrogen (secondary N) is 3. The van der Waals surface area contributed by atoms with Crippen molar-refractivity contribution in [2.24, 2.45) is 11.8 Å². The van der Waals surface area contributed by atoms with Gasteiger partial charge in [-0.05, 0) is 74.0 Å². The molecule has 3 aliphatic heterocycles. The van der Waals surface area contributed by atoms with Gasteiger partial charge >= 0.3 is 12.2 Å². The zero-order valence-electron chi connectivity index (χ0n) is 29.9. The molecule has 3 aliphatic carbocycles. The van der Waals surface area contributed by atoms with Gasteiger partial charge in [-0.1, -0.05) is 55.7 Å². The SMILES string of the molecule is C=C[C@@H]1C[C@]1(NC(=O)[C@@H]1C[C@@H]2CN1C(=O)[C@H](C1CCCCC1)NC(=O)OCCCC=Cc1cccc3c1CN(CC3)C(=O)O2)C(=O)NS(=O)(=O)C1CC1. The third-order valence-electron chi connectivity index (χ3n) is 11.6. The summed E-state index contributed by atoms with van der Waals surface area (Å²) in [7, 11) is -3.90. The Morgan fingerprint density at radius 3 is 2.58 bits per heavy atom. The van der Waals surface area contributed by atoms with Crippen LogP contribution in [0.25, 0.3) is 6.08 Å². The number of sulfonamides is 1. The fourth-order valence-electron chi connectivity index (χ4n) is 8.30. The van der Waals surface area contributed by atoms with Gasteiger partial charge in [0, 0.05) is 25.4 Å². The van der Waals surface area contributed by atoms with E-state index in [1.54, 1.807) is 4.90 Å². The second kappa shape index (κ2) is 15.2. The Balaban J connectivity index is 1.17. The molecule has 0 aromatic heterocycles. The van der Waals surface area contributed by atoms with Crippen molar-refractivity contribution < 1.29 is 41.9 Å². The van der Waals surface area contributed by atoms with Crippen LogP contribution >= 0.6 is 0 Å². The third-order valence-corrected chi connectivity index (χ3v) is 13.5. The number of fused-ring (bicyclic) bond motifs is 3. The molecule has 5 atom stereocenters. The van der Waals surface area contributed by atoms with Crippen LogP contribution in [0.2, 0.25) is 0 Å². The van der Waals surface area contributed by atoms with Crippen LogP contribution in [0.4, 0.5) is 9.59 Å². The van der Waals surface area contributed by atoms with Gasteiger partial charge in [-0.3, -0.25) is 19.1 Å². The number of ether oxygens (including phenoxy) is 2. The molecule has 1 aromatic carbocycles. The van der Waals surface area contributed by atoms with E-state index in [9.17, 15) is 32.4 Å². The monoisotopic (exact) mass is 751 g/mol. The van der Waals surface area contributed by atoms with Crippen molar-refractivity contribution >= 4 is 46.0 Å². The van der Waals surface area contributed by atoms with Crippen molar-refractivity contribution in [1.29, 1.82) is 0 Å². The van der Waals surface area contributed by atoms with E-state index in [1.165, 1.54) is 11.0 Å². The molecule has 15 heteroatoms. The largest absolute Gasteiger partial charge is 0.450 e. The second-order valence-electron chi connectivity index (χ2n) is 15.3. The third kappa shape index (κ3) is 7.95. The Hall–Kier alpha value is -4.40. The minimum absolute atomic E-state index is 0.0552. The van der Waals surface area contributed by atoms with E-state index < -0.39 is 74.8 Å². The highest BCUT2D eigenvalue weighted by Gasteiger charge is 2.62. The standard InChI is InChI=1S/C38H49N5O9S/c1-2-27-21-38(27,35(46)41-53(49,50)29-15-16-29)40-33(44)31-20-28-22-43(31)34(45)32(26-11-5-3-6-12-26)39-36(47)51-19-8-4-7-10-24-13-9-14-25-17-18-42(23-30(24)25)37(48)52-28/h2,7,9-10,13-14,26-29,31-32H,1,3-6,8,11-12,15-23H2,(H,39,47)(H,40,44)(H,41,46)/t27-,28-,31+,32+,38-/m1/s1. The number of alkyl carbamates (subject to hydrolysis) is 1. The molecule has 4 bridgehead atoms. The van der Waals surface area contributed by atoms with Gasteiger partial charge in [0.25, 0.3) is 5.91 Å². The van der Waals surface area contributed by atoms with Crippen LogP contribution in [0.3, 0.4) is 0 Å². The van der Waals surface area contributed by atoms with Crippen molar-refractivity contribution in [3.05, 3.63) is 53.6 Å². The van der Waals surface area contributed by atoms with Crippen LogP contribution in [0.15, 0.2) is 36.9 Å². The number of hydrogen-bond acceptors (Lipinski definition) is 9. The second-order valence-corrected chi connectivity index (χ2v) is 17.2. The molecular weight excluding hydrogens is 703 g/mol. The number of carbonyl (C=O) groups is 5. The lowest BCUT2D eigenvalue weighted by Gasteiger charge is -2.34. The van der Waals surface area contributed by atoms with Gasteiger partial charge < -0.3 is 29.9 Å². The van der Waals surface area contributed by atoms with E-state index in [0.717, 1.165) is 36.0 Å². The van der Waals surface area contributed by atoms with Crippen LogP contribution in [0.5, 0.6) is 0 Å². The topological polar surface area (TPSA) is 181 Å². The molecule has 4 fully saturated rings. The first kappa shape index (κ1) is 36.9. The maximum Gasteiger partial charge on any atom is 0.410 e. The summed E-state index contributed by atoms with van der Waals surface area (Å²) >= 11 is 0. The van der Waals surface area contributed by atoms with Crippen LogP contribution in [0, 0.1) is 11.8 Å².